The van der Waals surface area contributed by atoms with Gasteiger partial charge in [-0.3, -0.25) is 9.10 Å². The van der Waals surface area contributed by atoms with Crippen LogP contribution >= 0.6 is 0 Å². The first-order chi connectivity index (χ1) is 15.2. The zero-order valence-electron chi connectivity index (χ0n) is 19.0. The summed E-state index contributed by atoms with van der Waals surface area (Å²) >= 11 is 0. The topological polar surface area (TPSA) is 75.7 Å². The standard InChI is InChI=1S/C25H30N2O4S/c1-5-23(27(32(4,29)30)21-14-13-18(2)19(3)17-21)25(28)26-15-16-31-24-12-8-10-20-9-6-7-11-22(20)24/h6-14,17,23H,5,15-16H2,1-4H3,(H,26,28). The number of anilines is 1. The summed E-state index contributed by atoms with van der Waals surface area (Å²) in [7, 11) is -3.66. The van der Waals surface area contributed by atoms with Gasteiger partial charge in [0.25, 0.3) is 0 Å². The summed E-state index contributed by atoms with van der Waals surface area (Å²) in [5.74, 6) is 0.398. The van der Waals surface area contributed by atoms with Gasteiger partial charge in [-0.1, -0.05) is 49.4 Å². The van der Waals surface area contributed by atoms with E-state index >= 15 is 0 Å². The number of nitrogens with one attached hydrogen (secondary N) is 1. The minimum absolute atomic E-state index is 0.267. The molecular weight excluding hydrogens is 424 g/mol. The Morgan fingerprint density at radius 3 is 2.44 bits per heavy atom. The molecule has 1 N–H and O–H groups in total. The summed E-state index contributed by atoms with van der Waals surface area (Å²) in [5.41, 5.74) is 2.52. The van der Waals surface area contributed by atoms with Crippen LogP contribution in [0.5, 0.6) is 5.75 Å². The van der Waals surface area contributed by atoms with E-state index in [1.807, 2.05) is 62.4 Å². The molecule has 0 saturated carbocycles. The normalized spacial score (nSPS) is 12.4. The number of sulfonamides is 1. The molecule has 3 aromatic carbocycles. The van der Waals surface area contributed by atoms with Crippen molar-refractivity contribution >= 4 is 32.4 Å². The predicted octanol–water partition coefficient (Wildman–Crippen LogP) is 4.20. The van der Waals surface area contributed by atoms with Crippen molar-refractivity contribution in [2.45, 2.75) is 33.2 Å². The number of nitrogens with zero attached hydrogens (tertiary/aromatic N) is 1. The SMILES string of the molecule is CCC(C(=O)NCCOc1cccc2ccccc12)N(c1ccc(C)c(C)c1)S(C)(=O)=O. The van der Waals surface area contributed by atoms with E-state index in [1.54, 1.807) is 19.1 Å². The van der Waals surface area contributed by atoms with E-state index in [-0.39, 0.29) is 19.1 Å². The molecule has 0 bridgehead atoms. The van der Waals surface area contributed by atoms with Gasteiger partial charge in [0.15, 0.2) is 0 Å². The van der Waals surface area contributed by atoms with Crippen LogP contribution in [0.2, 0.25) is 0 Å². The summed E-state index contributed by atoms with van der Waals surface area (Å²) in [6.07, 6.45) is 1.47. The number of amides is 1. The van der Waals surface area contributed by atoms with Crippen molar-refractivity contribution in [3.63, 3.8) is 0 Å². The Morgan fingerprint density at radius 2 is 1.75 bits per heavy atom. The van der Waals surface area contributed by atoms with Crippen LogP contribution in [0, 0.1) is 13.8 Å². The van der Waals surface area contributed by atoms with Gasteiger partial charge >= 0.3 is 0 Å². The van der Waals surface area contributed by atoms with Crippen LogP contribution in [-0.4, -0.2) is 39.8 Å². The highest BCUT2D eigenvalue weighted by molar-refractivity contribution is 7.92. The minimum atomic E-state index is -3.66. The molecule has 0 fully saturated rings. The van der Waals surface area contributed by atoms with E-state index in [2.05, 4.69) is 5.32 Å². The number of carbonyl (C=O) groups excluding carboxylic acids is 1. The van der Waals surface area contributed by atoms with E-state index < -0.39 is 16.1 Å². The van der Waals surface area contributed by atoms with Crippen molar-refractivity contribution < 1.29 is 17.9 Å². The average Bonchev–Trinajstić information content (AvgIpc) is 2.76. The molecule has 0 heterocycles. The van der Waals surface area contributed by atoms with Gasteiger partial charge in [0.05, 0.1) is 18.5 Å². The van der Waals surface area contributed by atoms with Crippen molar-refractivity contribution in [1.82, 2.24) is 5.32 Å². The summed E-state index contributed by atoms with van der Waals surface area (Å²) in [6, 6.07) is 18.3. The van der Waals surface area contributed by atoms with Gasteiger partial charge in [-0.05, 0) is 55.0 Å². The number of hydrogen-bond acceptors (Lipinski definition) is 4. The summed E-state index contributed by atoms with van der Waals surface area (Å²) in [6.45, 7) is 6.23. The van der Waals surface area contributed by atoms with Crippen LogP contribution in [0.3, 0.4) is 0 Å². The molecule has 3 aromatic rings. The Kier molecular flexibility index (Phi) is 7.40. The zero-order valence-corrected chi connectivity index (χ0v) is 19.8. The second-order valence-electron chi connectivity index (χ2n) is 7.87. The monoisotopic (exact) mass is 454 g/mol. The summed E-state index contributed by atoms with van der Waals surface area (Å²) in [4.78, 5) is 12.9. The maximum atomic E-state index is 12.9. The molecule has 0 aromatic heterocycles. The van der Waals surface area contributed by atoms with Crippen LogP contribution in [0.15, 0.2) is 60.7 Å². The van der Waals surface area contributed by atoms with Crippen LogP contribution < -0.4 is 14.4 Å². The number of benzene rings is 3. The zero-order chi connectivity index (χ0) is 23.3. The number of hydrogen-bond donors (Lipinski definition) is 1. The van der Waals surface area contributed by atoms with Crippen LogP contribution in [0.4, 0.5) is 5.69 Å². The number of ether oxygens (including phenoxy) is 1. The quantitative estimate of drug-likeness (QED) is 0.492. The molecule has 32 heavy (non-hydrogen) atoms. The van der Waals surface area contributed by atoms with Gasteiger partial charge in [0.1, 0.15) is 18.4 Å². The molecule has 3 rings (SSSR count). The molecule has 1 atom stereocenters. The lowest BCUT2D eigenvalue weighted by Gasteiger charge is -2.30. The summed E-state index contributed by atoms with van der Waals surface area (Å²) < 4.78 is 32.3. The highest BCUT2D eigenvalue weighted by atomic mass is 32.2. The Hall–Kier alpha value is -3.06. The highest BCUT2D eigenvalue weighted by Crippen LogP contribution is 2.26. The Labute approximate surface area is 190 Å². The molecule has 0 aliphatic heterocycles. The van der Waals surface area contributed by atoms with Gasteiger partial charge < -0.3 is 10.1 Å². The molecule has 0 saturated heterocycles. The largest absolute Gasteiger partial charge is 0.491 e. The molecule has 6 nitrogen and oxygen atoms in total. The van der Waals surface area contributed by atoms with E-state index in [0.29, 0.717) is 12.1 Å². The van der Waals surface area contributed by atoms with E-state index in [1.165, 1.54) is 4.31 Å². The fraction of sp³-hybridized carbons (Fsp3) is 0.320. The smallest absolute Gasteiger partial charge is 0.244 e. The maximum Gasteiger partial charge on any atom is 0.244 e. The van der Waals surface area contributed by atoms with Crippen molar-refractivity contribution in [3.05, 3.63) is 71.8 Å². The molecule has 0 aliphatic rings. The molecule has 7 heteroatoms. The van der Waals surface area contributed by atoms with Gasteiger partial charge in [0, 0.05) is 5.39 Å². The molecule has 0 aliphatic carbocycles. The lowest BCUT2D eigenvalue weighted by atomic mass is 10.1. The third-order valence-electron chi connectivity index (χ3n) is 5.48. The molecule has 170 valence electrons. The molecule has 0 radical (unpaired) electrons. The first-order valence-corrected chi connectivity index (χ1v) is 12.5. The van der Waals surface area contributed by atoms with Crippen molar-refractivity contribution in [2.75, 3.05) is 23.7 Å². The van der Waals surface area contributed by atoms with Crippen molar-refractivity contribution in [3.8, 4) is 5.75 Å². The number of rotatable bonds is 9. The predicted molar refractivity (Wildman–Crippen MR) is 130 cm³/mol. The molecule has 1 amide bonds. The third kappa shape index (κ3) is 5.40. The molecule has 0 spiro atoms. The Balaban J connectivity index is 1.69. The number of aryl methyl sites for hydroxylation is 2. The second-order valence-corrected chi connectivity index (χ2v) is 9.73. The number of carbonyl (C=O) groups is 1. The van der Waals surface area contributed by atoms with Crippen molar-refractivity contribution in [1.29, 1.82) is 0 Å². The van der Waals surface area contributed by atoms with Gasteiger partial charge in [-0.25, -0.2) is 8.42 Å². The first-order valence-electron chi connectivity index (χ1n) is 10.7. The second kappa shape index (κ2) is 10.0. The van der Waals surface area contributed by atoms with Crippen molar-refractivity contribution in [2.24, 2.45) is 0 Å². The number of fused-ring (bicyclic) bond motifs is 1. The lowest BCUT2D eigenvalue weighted by Crippen LogP contribution is -2.50. The van der Waals surface area contributed by atoms with Gasteiger partial charge in [-0.15, -0.1) is 0 Å². The van der Waals surface area contributed by atoms with Crippen LogP contribution in [0.1, 0.15) is 24.5 Å². The molecular formula is C25H30N2O4S. The third-order valence-corrected chi connectivity index (χ3v) is 6.66. The minimum Gasteiger partial charge on any atom is -0.491 e. The van der Waals surface area contributed by atoms with Gasteiger partial charge in [0.2, 0.25) is 15.9 Å². The lowest BCUT2D eigenvalue weighted by molar-refractivity contribution is -0.122. The maximum absolute atomic E-state index is 12.9. The average molecular weight is 455 g/mol. The fourth-order valence-electron chi connectivity index (χ4n) is 3.70. The van der Waals surface area contributed by atoms with E-state index in [9.17, 15) is 13.2 Å². The van der Waals surface area contributed by atoms with Crippen LogP contribution in [0.25, 0.3) is 10.8 Å². The van der Waals surface area contributed by atoms with Crippen LogP contribution in [-0.2, 0) is 14.8 Å². The van der Waals surface area contributed by atoms with E-state index in [4.69, 9.17) is 4.74 Å². The van der Waals surface area contributed by atoms with Gasteiger partial charge in [-0.2, -0.15) is 0 Å². The molecule has 1 unspecified atom stereocenters. The fourth-order valence-corrected chi connectivity index (χ4v) is 4.90. The highest BCUT2D eigenvalue weighted by Gasteiger charge is 2.31. The summed E-state index contributed by atoms with van der Waals surface area (Å²) in [5, 5.41) is 4.92. The Bertz CT molecular complexity index is 1200. The Morgan fingerprint density at radius 1 is 1.03 bits per heavy atom. The first kappa shape index (κ1) is 23.6. The van der Waals surface area contributed by atoms with E-state index in [0.717, 1.165) is 33.9 Å².